The van der Waals surface area contributed by atoms with Crippen LogP contribution in [0, 0.1) is 6.92 Å². The molecule has 5 nitrogen and oxygen atoms in total. The van der Waals surface area contributed by atoms with Gasteiger partial charge < -0.3 is 15.5 Å². The average Bonchev–Trinajstić information content (AvgIpc) is 3.11. The number of likely N-dealkylation sites (N-methyl/N-ethyl adjacent to an activating group) is 1. The number of hydrogen-bond donors (Lipinski definition) is 2. The molecule has 0 aliphatic heterocycles. The number of nitrogens with one attached hydrogen (secondary N) is 1. The van der Waals surface area contributed by atoms with Crippen LogP contribution in [0.3, 0.4) is 0 Å². The fraction of sp³-hybridized carbons (Fsp3) is 0.238. The third-order valence-corrected chi connectivity index (χ3v) is 5.15. The molecule has 0 aliphatic rings. The van der Waals surface area contributed by atoms with Gasteiger partial charge in [0.15, 0.2) is 0 Å². The summed E-state index contributed by atoms with van der Waals surface area (Å²) >= 11 is 1.73. The second-order valence-corrected chi connectivity index (χ2v) is 7.08. The number of anilines is 1. The van der Waals surface area contributed by atoms with Crippen molar-refractivity contribution in [1.82, 2.24) is 10.3 Å². The second-order valence-electron chi connectivity index (χ2n) is 6.23. The Bertz CT molecular complexity index is 1100. The predicted octanol–water partition coefficient (Wildman–Crippen LogP) is 4.13. The maximum Gasteiger partial charge on any atom is 0.336 e. The van der Waals surface area contributed by atoms with E-state index in [-0.39, 0.29) is 5.63 Å². The molecule has 0 saturated carbocycles. The molecule has 2 aromatic carbocycles. The number of fused-ring (bicyclic) bond motifs is 2. The Hall–Kier alpha value is -2.70. The van der Waals surface area contributed by atoms with Gasteiger partial charge in [0, 0.05) is 23.2 Å². The van der Waals surface area contributed by atoms with E-state index in [0.29, 0.717) is 11.3 Å². The number of hydrogen-bond acceptors (Lipinski definition) is 6. The minimum atomic E-state index is -0.337. The molecule has 4 rings (SSSR count). The van der Waals surface area contributed by atoms with Crippen molar-refractivity contribution < 1.29 is 4.42 Å². The predicted molar refractivity (Wildman–Crippen MR) is 114 cm³/mol. The van der Waals surface area contributed by atoms with Gasteiger partial charge in [-0.25, -0.2) is 9.78 Å². The molecule has 0 fully saturated rings. The lowest BCUT2D eigenvalue weighted by Crippen LogP contribution is -2.15. The Balaban J connectivity index is 0.000000156. The van der Waals surface area contributed by atoms with E-state index in [1.54, 1.807) is 23.5 Å². The van der Waals surface area contributed by atoms with Crippen LogP contribution in [-0.2, 0) is 6.42 Å². The molecule has 2 heterocycles. The van der Waals surface area contributed by atoms with E-state index < -0.39 is 0 Å². The average molecular weight is 382 g/mol. The van der Waals surface area contributed by atoms with Crippen molar-refractivity contribution in [2.75, 3.05) is 18.8 Å². The topological polar surface area (TPSA) is 81.2 Å². The lowest BCUT2D eigenvalue weighted by atomic mass is 10.1. The second kappa shape index (κ2) is 8.79. The first kappa shape index (κ1) is 19.1. The summed E-state index contributed by atoms with van der Waals surface area (Å²) in [5, 5.41) is 4.26. The zero-order valence-electron chi connectivity index (χ0n) is 15.5. The molecule has 0 amide bonds. The highest BCUT2D eigenvalue weighted by molar-refractivity contribution is 7.16. The van der Waals surface area contributed by atoms with Crippen LogP contribution in [0.5, 0.6) is 0 Å². The first-order valence-electron chi connectivity index (χ1n) is 8.90. The zero-order chi connectivity index (χ0) is 19.2. The summed E-state index contributed by atoms with van der Waals surface area (Å²) < 4.78 is 6.33. The van der Waals surface area contributed by atoms with Gasteiger partial charge in [-0.2, -0.15) is 0 Å². The Morgan fingerprint density at radius 1 is 1.22 bits per heavy atom. The van der Waals surface area contributed by atoms with Crippen molar-refractivity contribution in [3.63, 3.8) is 0 Å². The summed E-state index contributed by atoms with van der Waals surface area (Å²) in [4.78, 5) is 15.3. The Morgan fingerprint density at radius 2 is 2.07 bits per heavy atom. The highest BCUT2D eigenvalue weighted by Gasteiger charge is 2.02. The molecule has 0 spiro atoms. The standard InChI is InChI=1S/C11H14N2S.C10H9NO2/c1-2-12-7-6-9-4-3-5-10-11(9)14-8-13-10;1-6-4-10(12)13-9-5-7(11)2-3-8(6)9/h3-5,8,12H,2,6-7H2,1H3;2-5H,11H2,1H3. The van der Waals surface area contributed by atoms with E-state index in [1.807, 2.05) is 18.5 Å². The minimum Gasteiger partial charge on any atom is -0.423 e. The van der Waals surface area contributed by atoms with Gasteiger partial charge in [0.2, 0.25) is 0 Å². The number of rotatable bonds is 4. The van der Waals surface area contributed by atoms with Gasteiger partial charge in [-0.15, -0.1) is 11.3 Å². The molecule has 0 unspecified atom stereocenters. The van der Waals surface area contributed by atoms with Gasteiger partial charge in [-0.1, -0.05) is 19.1 Å². The van der Waals surface area contributed by atoms with Crippen molar-refractivity contribution in [2.45, 2.75) is 20.3 Å². The van der Waals surface area contributed by atoms with Crippen LogP contribution < -0.4 is 16.7 Å². The third-order valence-electron chi connectivity index (χ3n) is 4.23. The van der Waals surface area contributed by atoms with Crippen molar-refractivity contribution in [3.05, 3.63) is 69.5 Å². The number of nitrogen functional groups attached to an aromatic ring is 1. The maximum absolute atomic E-state index is 11.0. The highest BCUT2D eigenvalue weighted by atomic mass is 32.1. The van der Waals surface area contributed by atoms with Crippen molar-refractivity contribution >= 4 is 38.2 Å². The van der Waals surface area contributed by atoms with E-state index >= 15 is 0 Å². The summed E-state index contributed by atoms with van der Waals surface area (Å²) in [5.74, 6) is 0. The van der Waals surface area contributed by atoms with Crippen LogP contribution in [0.4, 0.5) is 5.69 Å². The fourth-order valence-electron chi connectivity index (χ4n) is 2.88. The van der Waals surface area contributed by atoms with Crippen LogP contribution in [0.15, 0.2) is 57.2 Å². The maximum atomic E-state index is 11.0. The zero-order valence-corrected chi connectivity index (χ0v) is 16.3. The molecule has 6 heteroatoms. The van der Waals surface area contributed by atoms with Crippen LogP contribution in [-0.4, -0.2) is 18.1 Å². The van der Waals surface area contributed by atoms with E-state index in [4.69, 9.17) is 10.2 Å². The molecule has 27 heavy (non-hydrogen) atoms. The molecule has 2 aromatic heterocycles. The molecule has 0 radical (unpaired) electrons. The lowest BCUT2D eigenvalue weighted by molar-refractivity contribution is 0.560. The van der Waals surface area contributed by atoms with Gasteiger partial charge in [0.05, 0.1) is 15.7 Å². The summed E-state index contributed by atoms with van der Waals surface area (Å²) in [6.07, 6.45) is 1.09. The molecular formula is C21H23N3O2S. The summed E-state index contributed by atoms with van der Waals surface area (Å²) in [6, 6.07) is 13.1. The highest BCUT2D eigenvalue weighted by Crippen LogP contribution is 2.22. The SMILES string of the molecule is CCNCCc1cccc2ncsc12.Cc1cc(=O)oc2cc(N)ccc12. The Labute approximate surface area is 161 Å². The van der Waals surface area contributed by atoms with E-state index in [0.717, 1.165) is 36.0 Å². The van der Waals surface area contributed by atoms with Gasteiger partial charge in [0.1, 0.15) is 5.58 Å². The molecule has 0 bridgehead atoms. The number of aromatic nitrogens is 1. The molecule has 140 valence electrons. The van der Waals surface area contributed by atoms with E-state index in [1.165, 1.54) is 16.3 Å². The summed E-state index contributed by atoms with van der Waals surface area (Å²) in [5.41, 5.74) is 11.7. The van der Waals surface area contributed by atoms with Crippen LogP contribution >= 0.6 is 11.3 Å². The number of thiazole rings is 1. The van der Waals surface area contributed by atoms with Crippen molar-refractivity contribution in [3.8, 4) is 0 Å². The summed E-state index contributed by atoms with van der Waals surface area (Å²) in [7, 11) is 0. The molecule has 4 aromatic rings. The number of nitrogens with two attached hydrogens (primary N) is 1. The quantitative estimate of drug-likeness (QED) is 0.316. The van der Waals surface area contributed by atoms with E-state index in [9.17, 15) is 4.79 Å². The Kier molecular flexibility index (Phi) is 6.21. The largest absolute Gasteiger partial charge is 0.423 e. The molecule has 3 N–H and O–H groups in total. The van der Waals surface area contributed by atoms with Crippen molar-refractivity contribution in [2.24, 2.45) is 0 Å². The number of aryl methyl sites for hydroxylation is 1. The van der Waals surface area contributed by atoms with Crippen LogP contribution in [0.1, 0.15) is 18.1 Å². The first-order chi connectivity index (χ1) is 13.1. The molecule has 0 saturated heterocycles. The molecular weight excluding hydrogens is 358 g/mol. The van der Waals surface area contributed by atoms with Crippen LogP contribution in [0.2, 0.25) is 0 Å². The monoisotopic (exact) mass is 381 g/mol. The number of nitrogens with zero attached hydrogens (tertiary/aromatic N) is 1. The van der Waals surface area contributed by atoms with Gasteiger partial charge >= 0.3 is 5.63 Å². The molecule has 0 aliphatic carbocycles. The number of benzene rings is 2. The van der Waals surface area contributed by atoms with Gasteiger partial charge in [-0.05, 0) is 55.8 Å². The smallest absolute Gasteiger partial charge is 0.336 e. The third kappa shape index (κ3) is 4.72. The molecule has 0 atom stereocenters. The Morgan fingerprint density at radius 3 is 2.89 bits per heavy atom. The lowest BCUT2D eigenvalue weighted by Gasteiger charge is -2.02. The normalized spacial score (nSPS) is 10.7. The first-order valence-corrected chi connectivity index (χ1v) is 9.78. The summed E-state index contributed by atoms with van der Waals surface area (Å²) in [6.45, 7) is 6.09. The van der Waals surface area contributed by atoms with Crippen LogP contribution in [0.25, 0.3) is 21.2 Å². The fourth-order valence-corrected chi connectivity index (χ4v) is 3.72. The van der Waals surface area contributed by atoms with E-state index in [2.05, 4.69) is 35.4 Å². The minimum absolute atomic E-state index is 0.337. The van der Waals surface area contributed by atoms with Crippen molar-refractivity contribution in [1.29, 1.82) is 0 Å². The van der Waals surface area contributed by atoms with Gasteiger partial charge in [0.25, 0.3) is 0 Å². The van der Waals surface area contributed by atoms with Gasteiger partial charge in [-0.3, -0.25) is 0 Å².